The van der Waals surface area contributed by atoms with Gasteiger partial charge in [-0.05, 0) is 152 Å². The number of aromatic nitrogens is 4. The number of thiazole rings is 1. The Balaban J connectivity index is 0.679. The van der Waals surface area contributed by atoms with Crippen molar-refractivity contribution in [1.82, 2.24) is 45.1 Å². The van der Waals surface area contributed by atoms with E-state index in [1.165, 1.54) is 35.3 Å². The fourth-order valence-electron chi connectivity index (χ4n) is 18.3. The minimum atomic E-state index is -4.42. The fraction of sp³-hybridized carbons (Fsp3) is 0.519. The third-order valence-corrected chi connectivity index (χ3v) is 24.5. The van der Waals surface area contributed by atoms with Gasteiger partial charge in [0.05, 0.1) is 66.3 Å². The molecule has 628 valence electrons. The van der Waals surface area contributed by atoms with Crippen molar-refractivity contribution in [2.75, 3.05) is 67.8 Å². The van der Waals surface area contributed by atoms with E-state index >= 15 is 0 Å². The van der Waals surface area contributed by atoms with Gasteiger partial charge in [0, 0.05) is 79.9 Å². The van der Waals surface area contributed by atoms with Gasteiger partial charge in [-0.2, -0.15) is 13.5 Å². The number of carboxylic acid groups (broad SMARTS) is 2. The molecule has 8 amide bonds. The molecule has 36 heteroatoms. The number of carboxylic acids is 2. The Morgan fingerprint density at radius 3 is 2.26 bits per heavy atom. The zero-order valence-corrected chi connectivity index (χ0v) is 68.1. The van der Waals surface area contributed by atoms with Crippen LogP contribution in [0.3, 0.4) is 0 Å². The summed E-state index contributed by atoms with van der Waals surface area (Å²) in [5, 5.41) is 69.0. The van der Waals surface area contributed by atoms with Crippen molar-refractivity contribution in [2.24, 2.45) is 22.2 Å². The van der Waals surface area contributed by atoms with Gasteiger partial charge < -0.3 is 75.1 Å². The number of anilines is 3. The number of carbonyl (C=O) groups excluding carboxylic acids is 8. The Kier molecular flexibility index (Phi) is 25.6. The Labute approximate surface area is 679 Å². The summed E-state index contributed by atoms with van der Waals surface area (Å²) in [5.74, 6) is -8.76. The number of nitrogens with one attached hydrogen (secondary N) is 4. The fourth-order valence-corrected chi connectivity index (χ4v) is 19.5. The second kappa shape index (κ2) is 34.8. The van der Waals surface area contributed by atoms with Crippen LogP contribution in [0.15, 0.2) is 91.1 Å². The summed E-state index contributed by atoms with van der Waals surface area (Å²) in [6.07, 6.45) is -1.73. The summed E-state index contributed by atoms with van der Waals surface area (Å²) < 4.78 is 58.8. The van der Waals surface area contributed by atoms with Crippen LogP contribution in [0, 0.1) is 29.1 Å². The maximum absolute atomic E-state index is 14.0. The summed E-state index contributed by atoms with van der Waals surface area (Å²) >= 11 is 1.39. The normalized spacial score (nSPS) is 24.8. The van der Waals surface area contributed by atoms with Crippen LogP contribution in [0.4, 0.5) is 21.4 Å². The van der Waals surface area contributed by atoms with Gasteiger partial charge in [-0.1, -0.05) is 83.2 Å². The zero-order chi connectivity index (χ0) is 84.5. The first-order valence-electron chi connectivity index (χ1n) is 38.8. The van der Waals surface area contributed by atoms with Crippen molar-refractivity contribution in [3.63, 3.8) is 0 Å². The molecule has 4 fully saturated rings. The lowest BCUT2D eigenvalue weighted by Crippen LogP contribution is -2.59. The molecule has 10 N–H and O–H groups in total. The third-order valence-electron chi connectivity index (χ3n) is 22.8. The molecular formula is C81H100N12O22S2. The number of ether oxygens (including phenoxy) is 4. The molecule has 4 aliphatic heterocycles. The van der Waals surface area contributed by atoms with Crippen LogP contribution < -0.4 is 26.2 Å². The molecule has 0 spiro atoms. The van der Waals surface area contributed by atoms with Gasteiger partial charge in [0.2, 0.25) is 23.6 Å². The van der Waals surface area contributed by atoms with Crippen LogP contribution in [0.2, 0.25) is 0 Å². The Bertz CT molecular complexity index is 4960. The highest BCUT2D eigenvalue weighted by molar-refractivity contribution is 7.85. The molecule has 3 aromatic carbocycles. The molecule has 34 nitrogen and oxygen atoms in total. The molecular weight excluding hydrogens is 1560 g/mol. The van der Waals surface area contributed by atoms with E-state index < -0.39 is 149 Å². The number of benzene rings is 3. The van der Waals surface area contributed by atoms with Gasteiger partial charge in [0.25, 0.3) is 27.8 Å². The predicted octanol–water partition coefficient (Wildman–Crippen LogP) is 5.67. The number of para-hydroxylation sites is 1. The number of aryl methyl sites for hydroxylation is 1. The number of aliphatic hydroxyl groups is 3. The Morgan fingerprint density at radius 2 is 1.56 bits per heavy atom. The first kappa shape index (κ1) is 86.2. The van der Waals surface area contributed by atoms with E-state index in [0.29, 0.717) is 71.2 Å². The lowest BCUT2D eigenvalue weighted by molar-refractivity contribution is -0.228. The number of hydrogen-bond acceptors (Lipinski definition) is 24. The summed E-state index contributed by atoms with van der Waals surface area (Å²) in [4.78, 5) is 148. The SMILES string of the molecule is Cc1c(-c2ccc(N3CCc4cccc(C(=O)Nc5nc6ccccc6s5)c4C3)nc2C(=O)O)cnn1CC1(C)CC2(C)CC(C)(C)CC(OCCN(C)C(=O)OCc3ccc(NC(=O)[C@H](C)NC(=O)[C@@H](NC(=O)CN4C(=O)[C@@H](N5C(=O)C=CC5=O)C[C@H]4COCCS(=O)(=O)O)C(C)C)cc3CC[C@@H]3O[C@H](C(=O)O)[C@@H](O)[C@H](O)[C@H]3O)(C1)C2. The zero-order valence-electron chi connectivity index (χ0n) is 66.5. The average Bonchev–Trinajstić information content (AvgIpc) is 1.63. The largest absolute Gasteiger partial charge is 0.479 e. The van der Waals surface area contributed by atoms with Crippen molar-refractivity contribution < 1.29 is 105 Å². The summed E-state index contributed by atoms with van der Waals surface area (Å²) in [7, 11) is -2.85. The number of pyridine rings is 1. The number of amides is 8. The van der Waals surface area contributed by atoms with Crippen LogP contribution in [0.1, 0.15) is 142 Å². The van der Waals surface area contributed by atoms with Crippen LogP contribution in [0.5, 0.6) is 0 Å². The molecule has 12 atom stereocenters. The number of aliphatic hydroxyl groups excluding tert-OH is 3. The van der Waals surface area contributed by atoms with Crippen molar-refractivity contribution in [3.8, 4) is 11.1 Å². The van der Waals surface area contributed by atoms with E-state index in [1.54, 1.807) is 45.3 Å². The molecule has 7 heterocycles. The number of likely N-dealkylation sites (N-methyl/N-ethyl adjacent to an activating group) is 1. The molecule has 6 aliphatic rings. The number of fused-ring (bicyclic) bond motifs is 4. The van der Waals surface area contributed by atoms with E-state index in [-0.39, 0.29) is 79.2 Å². The third kappa shape index (κ3) is 19.8. The highest BCUT2D eigenvalue weighted by Crippen LogP contribution is 2.63. The number of likely N-dealkylation sites (tertiary alicyclic amines) is 1. The van der Waals surface area contributed by atoms with Crippen molar-refractivity contribution in [3.05, 3.63) is 130 Å². The van der Waals surface area contributed by atoms with E-state index in [1.807, 2.05) is 59.0 Å². The molecule has 3 unspecified atom stereocenters. The lowest BCUT2D eigenvalue weighted by Gasteiger charge is -2.61. The molecule has 2 saturated heterocycles. The van der Waals surface area contributed by atoms with Crippen molar-refractivity contribution >= 4 is 108 Å². The number of aromatic carboxylic acids is 1. The standard InChI is InChI=1S/C81H100N12O22S2/c1-44(2)64(87-61(94)35-91-51(37-112-29-30-117(109,110)111)32-57(73(91)103)93-62(95)23-24-63(93)96)72(102)83-45(3)70(100)84-50-19-17-49(48(31-50)18-21-58-66(97)67(98)68(99)69(115-58)75(106)107)36-113-77(108)89(9)27-28-114-81-39-78(5,6)38-79(7,41-81)40-80(8,42-81)43-92-46(4)54(33-82-92)52-20-22-60(86-65(52)74(104)105)90-26-25-47-13-12-14-53(55(47)34-90)71(101)88-76-85-56-15-10-11-16-59(56)116-76/h10-17,19-20,22-24,31,33,44-45,51,57-58,64,66-69,97-99H,18,21,25-30,32,34-43H2,1-9H3,(H,83,102)(H,84,100)(H,87,94)(H,104,105)(H,106,107)(H,85,88,101)(H,109,110,111)/t45-,51-,57-,58-,64-,66-,67+,68-,69-,79?,80?,81?/m0/s1. The van der Waals surface area contributed by atoms with Gasteiger partial charge in [-0.25, -0.2) is 24.4 Å². The minimum Gasteiger partial charge on any atom is -0.479 e. The second-order valence-electron chi connectivity index (χ2n) is 33.5. The number of carbonyl (C=O) groups is 10. The minimum absolute atomic E-state index is 0.0410. The molecule has 2 saturated carbocycles. The predicted molar refractivity (Wildman–Crippen MR) is 425 cm³/mol. The monoisotopic (exact) mass is 1660 g/mol. The van der Waals surface area contributed by atoms with Gasteiger partial charge in [-0.15, -0.1) is 0 Å². The maximum Gasteiger partial charge on any atom is 0.409 e. The van der Waals surface area contributed by atoms with Gasteiger partial charge >= 0.3 is 18.0 Å². The van der Waals surface area contributed by atoms with E-state index in [2.05, 4.69) is 53.9 Å². The summed E-state index contributed by atoms with van der Waals surface area (Å²) in [6.45, 7) is 15.2. The number of rotatable bonds is 31. The molecule has 0 radical (unpaired) electrons. The van der Waals surface area contributed by atoms with Crippen LogP contribution in [-0.2, 0) is 95.2 Å². The summed E-state index contributed by atoms with van der Waals surface area (Å²) in [5.41, 5.74) is 4.47. The van der Waals surface area contributed by atoms with Gasteiger partial charge in [0.1, 0.15) is 48.9 Å². The van der Waals surface area contributed by atoms with Crippen LogP contribution in [-0.4, -0.2) is 245 Å². The number of hydrogen-bond donors (Lipinski definition) is 10. The highest BCUT2D eigenvalue weighted by Gasteiger charge is 2.59. The van der Waals surface area contributed by atoms with E-state index in [4.69, 9.17) is 29.0 Å². The Hall–Kier alpha value is -10.2. The Morgan fingerprint density at radius 1 is 0.812 bits per heavy atom. The van der Waals surface area contributed by atoms with Gasteiger partial charge in [-0.3, -0.25) is 53.0 Å². The molecule has 2 bridgehead atoms. The topological polar surface area (TPSA) is 468 Å². The smallest absolute Gasteiger partial charge is 0.409 e. The molecule has 3 aromatic heterocycles. The average molecular weight is 1660 g/mol. The number of imide groups is 1. The van der Waals surface area contributed by atoms with Crippen LogP contribution in [0.25, 0.3) is 21.3 Å². The molecule has 6 aromatic rings. The molecule has 12 rings (SSSR count). The van der Waals surface area contributed by atoms with Crippen molar-refractivity contribution in [1.29, 1.82) is 0 Å². The first-order valence-corrected chi connectivity index (χ1v) is 41.3. The van der Waals surface area contributed by atoms with Crippen LogP contribution >= 0.6 is 11.3 Å². The molecule has 117 heavy (non-hydrogen) atoms. The lowest BCUT2D eigenvalue weighted by atomic mass is 9.48. The number of nitrogens with zero attached hydrogens (tertiary/aromatic N) is 8. The van der Waals surface area contributed by atoms with E-state index in [9.17, 15) is 86.4 Å². The van der Waals surface area contributed by atoms with E-state index in [0.717, 1.165) is 74.7 Å². The first-order chi connectivity index (χ1) is 55.2. The second-order valence-corrected chi connectivity index (χ2v) is 36.1. The number of aliphatic carboxylic acids is 1. The summed E-state index contributed by atoms with van der Waals surface area (Å²) in [6, 6.07) is 16.6. The highest BCUT2D eigenvalue weighted by atomic mass is 32.2. The van der Waals surface area contributed by atoms with Gasteiger partial charge in [0.15, 0.2) is 16.9 Å². The maximum atomic E-state index is 14.0. The quantitative estimate of drug-likeness (QED) is 0.0142. The molecule has 2 aliphatic carbocycles. The van der Waals surface area contributed by atoms with Crippen molar-refractivity contribution in [2.45, 2.75) is 193 Å².